The third-order valence-corrected chi connectivity index (χ3v) is 7.55. The van der Waals surface area contributed by atoms with Gasteiger partial charge in [-0.15, -0.1) is 0 Å². The molecule has 0 saturated heterocycles. The maximum absolute atomic E-state index is 13.7. The molecule has 1 spiro atoms. The van der Waals surface area contributed by atoms with Crippen LogP contribution in [0.15, 0.2) is 88.9 Å². The summed E-state index contributed by atoms with van der Waals surface area (Å²) < 4.78 is 42.3. The molecule has 3 aromatic carbocycles. The van der Waals surface area contributed by atoms with Crippen LogP contribution in [0.3, 0.4) is 0 Å². The fourth-order valence-corrected chi connectivity index (χ4v) is 6.16. The molecule has 5 rings (SSSR count). The zero-order valence-corrected chi connectivity index (χ0v) is 18.0. The van der Waals surface area contributed by atoms with Crippen LogP contribution in [-0.4, -0.2) is 25.0 Å². The van der Waals surface area contributed by atoms with E-state index in [-0.39, 0.29) is 16.4 Å². The molecule has 1 amide bonds. The monoisotopic (exact) mass is 449 g/mol. The average molecular weight is 450 g/mol. The number of carbonyl (C=O) groups is 1. The molecule has 0 fully saturated rings. The van der Waals surface area contributed by atoms with Gasteiger partial charge in [0.2, 0.25) is 10.0 Å². The van der Waals surface area contributed by atoms with Gasteiger partial charge < -0.3 is 0 Å². The molecule has 2 atom stereocenters. The predicted octanol–water partition coefficient (Wildman–Crippen LogP) is 3.86. The lowest BCUT2D eigenvalue weighted by Gasteiger charge is -2.45. The Balaban J connectivity index is 1.74. The van der Waals surface area contributed by atoms with E-state index >= 15 is 0 Å². The van der Waals surface area contributed by atoms with Crippen molar-refractivity contribution in [1.29, 1.82) is 0 Å². The van der Waals surface area contributed by atoms with Crippen molar-refractivity contribution in [3.63, 3.8) is 0 Å². The van der Waals surface area contributed by atoms with E-state index in [0.29, 0.717) is 17.7 Å². The number of hydrogen-bond donors (Lipinski definition) is 1. The Bertz CT molecular complexity index is 1340. The van der Waals surface area contributed by atoms with Gasteiger partial charge in [0.05, 0.1) is 10.6 Å². The second kappa shape index (κ2) is 7.36. The van der Waals surface area contributed by atoms with Gasteiger partial charge in [-0.2, -0.15) is 9.82 Å². The van der Waals surface area contributed by atoms with Crippen molar-refractivity contribution in [3.8, 4) is 0 Å². The Morgan fingerprint density at radius 1 is 1.03 bits per heavy atom. The first-order valence-electron chi connectivity index (χ1n) is 10.2. The summed E-state index contributed by atoms with van der Waals surface area (Å²) in [7, 11) is -3.86. The van der Waals surface area contributed by atoms with E-state index in [1.165, 1.54) is 35.3 Å². The van der Waals surface area contributed by atoms with Crippen LogP contribution in [-0.2, 0) is 15.7 Å². The van der Waals surface area contributed by atoms with Crippen LogP contribution in [0.4, 0.5) is 4.39 Å². The molecule has 2 heterocycles. The minimum absolute atomic E-state index is 0.127. The normalized spacial score (nSPS) is 23.6. The van der Waals surface area contributed by atoms with Crippen LogP contribution in [0.2, 0.25) is 0 Å². The van der Waals surface area contributed by atoms with Gasteiger partial charge in [-0.3, -0.25) is 4.79 Å². The standard InChI is InChI=1S/C24H20FN3O3S/c1-16-15-21(17-7-3-2-4-8-17)26-28(23(29)18-11-13-19(25)14-12-18)24(16)20-9-5-6-10-22(20)32(30,31)27-24/h2-14,16,27H,15H2,1H3/t16-,24-/m0/s1. The van der Waals surface area contributed by atoms with Crippen LogP contribution < -0.4 is 4.72 Å². The van der Waals surface area contributed by atoms with Gasteiger partial charge in [0, 0.05) is 17.0 Å². The number of nitrogens with zero attached hydrogens (tertiary/aromatic N) is 2. The number of fused-ring (bicyclic) bond motifs is 2. The zero-order chi connectivity index (χ0) is 22.5. The van der Waals surface area contributed by atoms with Crippen molar-refractivity contribution < 1.29 is 17.6 Å². The van der Waals surface area contributed by atoms with Crippen molar-refractivity contribution in [2.45, 2.75) is 23.9 Å². The number of amides is 1. The van der Waals surface area contributed by atoms with Crippen molar-refractivity contribution in [2.24, 2.45) is 11.0 Å². The summed E-state index contributed by atoms with van der Waals surface area (Å²) in [5, 5.41) is 5.90. The highest BCUT2D eigenvalue weighted by molar-refractivity contribution is 7.89. The third kappa shape index (κ3) is 3.06. The first kappa shape index (κ1) is 20.5. The van der Waals surface area contributed by atoms with Gasteiger partial charge in [0.25, 0.3) is 5.91 Å². The second-order valence-corrected chi connectivity index (χ2v) is 9.66. The molecule has 2 aliphatic heterocycles. The molecule has 0 aromatic heterocycles. The van der Waals surface area contributed by atoms with Crippen molar-refractivity contribution in [1.82, 2.24) is 9.73 Å². The smallest absolute Gasteiger partial charge is 0.267 e. The Hall–Kier alpha value is -3.36. The fraction of sp³-hybridized carbons (Fsp3) is 0.167. The van der Waals surface area contributed by atoms with Crippen molar-refractivity contribution >= 4 is 21.6 Å². The molecule has 0 radical (unpaired) electrons. The Kier molecular flexibility index (Phi) is 4.72. The van der Waals surface area contributed by atoms with Gasteiger partial charge >= 0.3 is 0 Å². The fourth-order valence-electron chi connectivity index (χ4n) is 4.47. The summed E-state index contributed by atoms with van der Waals surface area (Å²) in [4.78, 5) is 13.8. The molecule has 0 saturated carbocycles. The molecule has 3 aromatic rings. The minimum atomic E-state index is -3.86. The first-order chi connectivity index (χ1) is 15.3. The second-order valence-electron chi connectivity index (χ2n) is 8.01. The Morgan fingerprint density at radius 3 is 2.41 bits per heavy atom. The maximum Gasteiger partial charge on any atom is 0.276 e. The van der Waals surface area contributed by atoms with E-state index in [9.17, 15) is 17.6 Å². The van der Waals surface area contributed by atoms with Crippen LogP contribution in [0.1, 0.15) is 34.8 Å². The highest BCUT2D eigenvalue weighted by Crippen LogP contribution is 2.47. The Morgan fingerprint density at radius 2 is 1.69 bits per heavy atom. The molecule has 6 nitrogen and oxygen atoms in total. The minimum Gasteiger partial charge on any atom is -0.267 e. The van der Waals surface area contributed by atoms with Gasteiger partial charge in [0.1, 0.15) is 5.82 Å². The summed E-state index contributed by atoms with van der Waals surface area (Å²) in [5.41, 5.74) is 0.806. The van der Waals surface area contributed by atoms with Gasteiger partial charge in [-0.25, -0.2) is 17.8 Å². The van der Waals surface area contributed by atoms with Gasteiger partial charge in [-0.05, 0) is 42.3 Å². The topological polar surface area (TPSA) is 78.8 Å². The van der Waals surface area contributed by atoms with E-state index < -0.39 is 27.4 Å². The van der Waals surface area contributed by atoms with Gasteiger partial charge in [-0.1, -0.05) is 55.5 Å². The number of hydrazone groups is 1. The van der Waals surface area contributed by atoms with E-state index in [1.54, 1.807) is 18.2 Å². The highest BCUT2D eigenvalue weighted by atomic mass is 32.2. The third-order valence-electron chi connectivity index (χ3n) is 6.04. The molecule has 32 heavy (non-hydrogen) atoms. The molecular formula is C24H20FN3O3S. The Labute approximate surface area is 185 Å². The largest absolute Gasteiger partial charge is 0.276 e. The SMILES string of the molecule is C[C@H]1CC(c2ccccc2)=NN(C(=O)c2ccc(F)cc2)[C@@]12NS(=O)(=O)c1ccccc12. The summed E-state index contributed by atoms with van der Waals surface area (Å²) >= 11 is 0. The summed E-state index contributed by atoms with van der Waals surface area (Å²) in [6, 6.07) is 21.2. The summed E-state index contributed by atoms with van der Waals surface area (Å²) in [5.74, 6) is -1.33. The lowest BCUT2D eigenvalue weighted by molar-refractivity contribution is 0.0168. The van der Waals surface area contributed by atoms with E-state index in [0.717, 1.165) is 5.56 Å². The van der Waals surface area contributed by atoms with Crippen LogP contribution in [0, 0.1) is 11.7 Å². The van der Waals surface area contributed by atoms with Crippen molar-refractivity contribution in [2.75, 3.05) is 0 Å². The van der Waals surface area contributed by atoms with E-state index in [1.807, 2.05) is 37.3 Å². The number of benzene rings is 3. The van der Waals surface area contributed by atoms with E-state index in [2.05, 4.69) is 9.82 Å². The number of carbonyl (C=O) groups excluding carboxylic acids is 1. The van der Waals surface area contributed by atoms with Crippen LogP contribution in [0.5, 0.6) is 0 Å². The van der Waals surface area contributed by atoms with Crippen molar-refractivity contribution in [3.05, 3.63) is 101 Å². The predicted molar refractivity (Wildman–Crippen MR) is 118 cm³/mol. The molecule has 0 unspecified atom stereocenters. The highest BCUT2D eigenvalue weighted by Gasteiger charge is 2.57. The number of nitrogens with one attached hydrogen (secondary N) is 1. The molecule has 2 aliphatic rings. The number of hydrogen-bond acceptors (Lipinski definition) is 4. The van der Waals surface area contributed by atoms with Crippen LogP contribution in [0.25, 0.3) is 0 Å². The molecule has 0 aliphatic carbocycles. The summed E-state index contributed by atoms with van der Waals surface area (Å²) in [6.45, 7) is 1.90. The number of halogens is 1. The number of rotatable bonds is 2. The van der Waals surface area contributed by atoms with Gasteiger partial charge in [0.15, 0.2) is 5.66 Å². The molecule has 1 N–H and O–H groups in total. The average Bonchev–Trinajstić information content (AvgIpc) is 3.04. The molecular weight excluding hydrogens is 429 g/mol. The lowest BCUT2D eigenvalue weighted by atomic mass is 9.81. The number of sulfonamides is 1. The summed E-state index contributed by atoms with van der Waals surface area (Å²) in [6.07, 6.45) is 0.452. The molecule has 8 heteroatoms. The lowest BCUT2D eigenvalue weighted by Crippen LogP contribution is -2.60. The van der Waals surface area contributed by atoms with E-state index in [4.69, 9.17) is 0 Å². The zero-order valence-electron chi connectivity index (χ0n) is 17.2. The molecule has 162 valence electrons. The maximum atomic E-state index is 13.7. The van der Waals surface area contributed by atoms with Crippen LogP contribution >= 0.6 is 0 Å². The quantitative estimate of drug-likeness (QED) is 0.645. The first-order valence-corrected chi connectivity index (χ1v) is 11.7. The molecule has 0 bridgehead atoms.